The van der Waals surface area contributed by atoms with Crippen LogP contribution in [0.2, 0.25) is 0 Å². The molecule has 0 saturated heterocycles. The minimum Gasteiger partial charge on any atom is -0.744 e. The minimum atomic E-state index is -4.84. The van der Waals surface area contributed by atoms with E-state index in [9.17, 15) is 25.9 Å². The molecule has 0 bridgehead atoms. The van der Waals surface area contributed by atoms with Crippen LogP contribution in [0.5, 0.6) is 0 Å². The normalized spacial score (nSPS) is 13.0. The topological polar surface area (TPSA) is 114 Å². The molecule has 0 aliphatic heterocycles. The standard InChI is InChI=1S/C14H22O6S2.2Li/c1-13(2,3)10-7-9(21(15,16)17)8-11(14(4,5)6)12(10)22(18,19)20;;/h7-8H,1-6H3,(H,15,16,17)(H,18,19,20);;/q;2*+1/p-2. The van der Waals surface area contributed by atoms with Gasteiger partial charge in [0.1, 0.15) is 20.2 Å². The second-order valence-corrected chi connectivity index (χ2v) is 9.95. The molecule has 1 aromatic carbocycles. The maximum absolute atomic E-state index is 11.7. The van der Waals surface area contributed by atoms with Crippen molar-refractivity contribution in [2.45, 2.75) is 62.2 Å². The van der Waals surface area contributed by atoms with Crippen molar-refractivity contribution in [2.75, 3.05) is 0 Å². The van der Waals surface area contributed by atoms with Crippen LogP contribution in [0.3, 0.4) is 0 Å². The van der Waals surface area contributed by atoms with Crippen LogP contribution in [-0.2, 0) is 31.1 Å². The summed E-state index contributed by atoms with van der Waals surface area (Å²) < 4.78 is 69.3. The third-order valence-corrected chi connectivity index (χ3v) is 4.97. The summed E-state index contributed by atoms with van der Waals surface area (Å²) in [6, 6.07) is 1.98. The number of hydrogen-bond acceptors (Lipinski definition) is 6. The van der Waals surface area contributed by atoms with Crippen LogP contribution in [0.1, 0.15) is 52.7 Å². The van der Waals surface area contributed by atoms with Gasteiger partial charge in [0.2, 0.25) is 0 Å². The molecule has 10 heteroatoms. The summed E-state index contributed by atoms with van der Waals surface area (Å²) in [5.41, 5.74) is -1.59. The smallest absolute Gasteiger partial charge is 0.744 e. The van der Waals surface area contributed by atoms with Gasteiger partial charge in [-0.3, -0.25) is 0 Å². The van der Waals surface area contributed by atoms with E-state index in [4.69, 9.17) is 0 Å². The van der Waals surface area contributed by atoms with Crippen LogP contribution in [-0.4, -0.2) is 25.9 Å². The summed E-state index contributed by atoms with van der Waals surface area (Å²) in [6.07, 6.45) is 0. The molecule has 0 aliphatic rings. The van der Waals surface area contributed by atoms with Gasteiger partial charge in [-0.1, -0.05) is 41.5 Å². The Morgan fingerprint density at radius 2 is 1.00 bits per heavy atom. The first kappa shape index (κ1) is 26.5. The molecule has 0 atom stereocenters. The molecule has 0 heterocycles. The molecule has 0 aliphatic carbocycles. The Labute approximate surface area is 168 Å². The molecular weight excluding hydrogens is 342 g/mol. The first-order valence-electron chi connectivity index (χ1n) is 6.56. The van der Waals surface area contributed by atoms with Gasteiger partial charge in [-0.2, -0.15) is 0 Å². The molecule has 0 fully saturated rings. The molecular formula is C14H20Li2O6S2. The van der Waals surface area contributed by atoms with Crippen LogP contribution in [0.4, 0.5) is 0 Å². The quantitative estimate of drug-likeness (QED) is 0.392. The largest absolute Gasteiger partial charge is 1.00 e. The Morgan fingerprint density at radius 1 is 0.708 bits per heavy atom. The van der Waals surface area contributed by atoms with Crippen molar-refractivity contribution in [3.05, 3.63) is 23.3 Å². The summed E-state index contributed by atoms with van der Waals surface area (Å²) >= 11 is 0. The number of benzene rings is 1. The van der Waals surface area contributed by atoms with Gasteiger partial charge in [0.15, 0.2) is 0 Å². The van der Waals surface area contributed by atoms with Gasteiger partial charge in [-0.05, 0) is 34.1 Å². The van der Waals surface area contributed by atoms with E-state index in [-0.39, 0.29) is 48.8 Å². The fraction of sp³-hybridized carbons (Fsp3) is 0.571. The average molecular weight is 362 g/mol. The van der Waals surface area contributed by atoms with Crippen LogP contribution < -0.4 is 37.7 Å². The van der Waals surface area contributed by atoms with E-state index in [2.05, 4.69) is 0 Å². The Bertz CT molecular complexity index is 766. The van der Waals surface area contributed by atoms with Crippen molar-refractivity contribution in [1.82, 2.24) is 0 Å². The van der Waals surface area contributed by atoms with Gasteiger partial charge in [-0.25, -0.2) is 16.8 Å². The van der Waals surface area contributed by atoms with Crippen molar-refractivity contribution in [3.8, 4) is 0 Å². The second-order valence-electron chi connectivity index (χ2n) is 7.26. The Kier molecular flexibility index (Phi) is 8.66. The summed E-state index contributed by atoms with van der Waals surface area (Å²) in [6.45, 7) is 9.86. The summed E-state index contributed by atoms with van der Waals surface area (Å²) in [7, 11) is -9.62. The molecule has 0 aromatic heterocycles. The third-order valence-electron chi connectivity index (χ3n) is 3.22. The maximum Gasteiger partial charge on any atom is 1.00 e. The monoisotopic (exact) mass is 362 g/mol. The van der Waals surface area contributed by atoms with Gasteiger partial charge >= 0.3 is 37.7 Å². The zero-order valence-electron chi connectivity index (χ0n) is 15.4. The van der Waals surface area contributed by atoms with Gasteiger partial charge < -0.3 is 9.11 Å². The molecule has 1 aromatic rings. The zero-order valence-corrected chi connectivity index (χ0v) is 17.1. The van der Waals surface area contributed by atoms with Crippen molar-refractivity contribution in [1.29, 1.82) is 0 Å². The zero-order chi connectivity index (χ0) is 17.7. The molecule has 1 rings (SSSR count). The van der Waals surface area contributed by atoms with Crippen molar-refractivity contribution < 1.29 is 63.7 Å². The van der Waals surface area contributed by atoms with E-state index in [1.54, 1.807) is 41.5 Å². The van der Waals surface area contributed by atoms with Gasteiger partial charge in [-0.15, -0.1) is 0 Å². The molecule has 24 heavy (non-hydrogen) atoms. The van der Waals surface area contributed by atoms with E-state index in [1.807, 2.05) is 0 Å². The van der Waals surface area contributed by atoms with Crippen molar-refractivity contribution >= 4 is 20.2 Å². The van der Waals surface area contributed by atoms with Gasteiger partial charge in [0.05, 0.1) is 9.79 Å². The predicted molar refractivity (Wildman–Crippen MR) is 79.8 cm³/mol. The molecule has 126 valence electrons. The first-order chi connectivity index (χ1) is 9.45. The van der Waals surface area contributed by atoms with E-state index < -0.39 is 40.9 Å². The van der Waals surface area contributed by atoms with Crippen LogP contribution in [0, 0.1) is 0 Å². The fourth-order valence-corrected chi connectivity index (χ4v) is 3.92. The molecule has 0 N–H and O–H groups in total. The van der Waals surface area contributed by atoms with Crippen molar-refractivity contribution in [3.63, 3.8) is 0 Å². The number of hydrogen-bond donors (Lipinski definition) is 0. The molecule has 0 radical (unpaired) electrons. The van der Waals surface area contributed by atoms with Crippen LogP contribution in [0.25, 0.3) is 0 Å². The second kappa shape index (κ2) is 7.86. The summed E-state index contributed by atoms with van der Waals surface area (Å²) in [5.74, 6) is 0. The summed E-state index contributed by atoms with van der Waals surface area (Å²) in [4.78, 5) is -0.977. The number of rotatable bonds is 2. The average Bonchev–Trinajstić information content (AvgIpc) is 2.22. The van der Waals surface area contributed by atoms with Crippen molar-refractivity contribution in [2.24, 2.45) is 0 Å². The third kappa shape index (κ3) is 6.19. The van der Waals surface area contributed by atoms with Crippen LogP contribution >= 0.6 is 0 Å². The molecule has 0 saturated carbocycles. The minimum absolute atomic E-state index is 0. The Balaban J connectivity index is 0. The van der Waals surface area contributed by atoms with E-state index in [0.29, 0.717) is 0 Å². The Morgan fingerprint density at radius 3 is 1.17 bits per heavy atom. The van der Waals surface area contributed by atoms with E-state index in [0.717, 1.165) is 12.1 Å². The van der Waals surface area contributed by atoms with E-state index >= 15 is 0 Å². The van der Waals surface area contributed by atoms with Gasteiger partial charge in [0, 0.05) is 0 Å². The summed E-state index contributed by atoms with van der Waals surface area (Å²) in [5, 5.41) is 0. The molecule has 0 spiro atoms. The first-order valence-corrected chi connectivity index (χ1v) is 9.38. The van der Waals surface area contributed by atoms with Gasteiger partial charge in [0.25, 0.3) is 0 Å². The van der Waals surface area contributed by atoms with E-state index in [1.165, 1.54) is 0 Å². The SMILES string of the molecule is CC(C)(C)c1cc(S(=O)(=O)[O-])cc(C(C)(C)C)c1S(=O)(=O)[O-].[Li+].[Li+]. The molecule has 0 amide bonds. The fourth-order valence-electron chi connectivity index (χ4n) is 2.13. The molecule has 6 nitrogen and oxygen atoms in total. The molecule has 0 unspecified atom stereocenters. The predicted octanol–water partition coefficient (Wildman–Crippen LogP) is -3.90. The van der Waals surface area contributed by atoms with Crippen LogP contribution in [0.15, 0.2) is 21.9 Å². The Hall–Kier alpha value is 0.235. The maximum atomic E-state index is 11.7.